The van der Waals surface area contributed by atoms with Crippen molar-refractivity contribution in [3.8, 4) is 0 Å². The molecule has 0 saturated carbocycles. The predicted molar refractivity (Wildman–Crippen MR) is 124 cm³/mol. The Morgan fingerprint density at radius 1 is 0.500 bits per heavy atom. The highest BCUT2D eigenvalue weighted by Crippen LogP contribution is 2.45. The molecule has 0 aliphatic rings. The van der Waals surface area contributed by atoms with E-state index in [1.165, 1.54) is 63.5 Å². The second-order valence-corrected chi connectivity index (χ2v) is 8.51. The molecule has 0 fully saturated rings. The number of nitrogens with one attached hydrogen (secondary N) is 1. The van der Waals surface area contributed by atoms with Crippen molar-refractivity contribution >= 4 is 74.9 Å². The van der Waals surface area contributed by atoms with Gasteiger partial charge in [0, 0.05) is 47.4 Å². The van der Waals surface area contributed by atoms with Gasteiger partial charge in [0.1, 0.15) is 0 Å². The summed E-state index contributed by atoms with van der Waals surface area (Å²) in [7, 11) is 0. The largest absolute Gasteiger partial charge is 0.354 e. The van der Waals surface area contributed by atoms with Crippen molar-refractivity contribution < 1.29 is 0 Å². The van der Waals surface area contributed by atoms with Crippen LogP contribution in [0.25, 0.3) is 63.5 Å². The summed E-state index contributed by atoms with van der Waals surface area (Å²) in [6, 6.07) is 30.9. The number of aromatic amines is 1. The zero-order chi connectivity index (χ0) is 18.2. The summed E-state index contributed by atoms with van der Waals surface area (Å²) in [6.45, 7) is 0. The lowest BCUT2D eigenvalue weighted by atomic mass is 9.97. The maximum Gasteiger partial charge on any atom is 0.0479 e. The van der Waals surface area contributed by atoms with E-state index < -0.39 is 0 Å². The summed E-state index contributed by atoms with van der Waals surface area (Å²) in [5, 5.41) is 10.7. The number of fused-ring (bicyclic) bond motifs is 11. The fourth-order valence-electron chi connectivity index (χ4n) is 4.75. The quantitative estimate of drug-likeness (QED) is 0.259. The number of hydrogen-bond donors (Lipinski definition) is 1. The Morgan fingerprint density at radius 2 is 1.14 bits per heavy atom. The van der Waals surface area contributed by atoms with Crippen LogP contribution in [0.3, 0.4) is 0 Å². The molecule has 0 amide bonds. The molecule has 0 radical (unpaired) electrons. The third kappa shape index (κ3) is 1.76. The van der Waals surface area contributed by atoms with Crippen molar-refractivity contribution in [2.24, 2.45) is 0 Å². The highest BCUT2D eigenvalue weighted by atomic mass is 32.1. The average Bonchev–Trinajstić information content (AvgIpc) is 3.30. The van der Waals surface area contributed by atoms with Crippen LogP contribution in [0.4, 0.5) is 0 Å². The van der Waals surface area contributed by atoms with Gasteiger partial charge in [0.2, 0.25) is 0 Å². The van der Waals surface area contributed by atoms with E-state index in [-0.39, 0.29) is 0 Å². The first-order valence-corrected chi connectivity index (χ1v) is 10.4. The Hall–Kier alpha value is -3.36. The summed E-state index contributed by atoms with van der Waals surface area (Å²) in [5.41, 5.74) is 2.42. The molecule has 0 aliphatic carbocycles. The number of para-hydroxylation sites is 1. The van der Waals surface area contributed by atoms with Gasteiger partial charge in [-0.05, 0) is 34.4 Å². The molecule has 5 aromatic carbocycles. The Kier molecular flexibility index (Phi) is 2.68. The van der Waals surface area contributed by atoms with Crippen molar-refractivity contribution in [3.05, 3.63) is 84.9 Å². The second kappa shape index (κ2) is 5.12. The molecular formula is C26H15NS. The molecule has 0 unspecified atom stereocenters. The van der Waals surface area contributed by atoms with E-state index in [9.17, 15) is 0 Å². The van der Waals surface area contributed by atoms with Gasteiger partial charge in [0.25, 0.3) is 0 Å². The van der Waals surface area contributed by atoms with Gasteiger partial charge in [0.15, 0.2) is 0 Å². The number of H-pyrrole nitrogens is 1. The molecule has 0 aliphatic heterocycles. The lowest BCUT2D eigenvalue weighted by Gasteiger charge is -2.07. The van der Waals surface area contributed by atoms with E-state index in [4.69, 9.17) is 0 Å². The predicted octanol–water partition coefficient (Wildman–Crippen LogP) is 8.00. The van der Waals surface area contributed by atoms with Gasteiger partial charge in [-0.15, -0.1) is 11.3 Å². The van der Waals surface area contributed by atoms with E-state index in [0.29, 0.717) is 0 Å². The minimum atomic E-state index is 1.20. The smallest absolute Gasteiger partial charge is 0.0479 e. The molecule has 2 aromatic heterocycles. The summed E-state index contributed by atoms with van der Waals surface area (Å²) >= 11 is 1.91. The van der Waals surface area contributed by atoms with E-state index in [1.807, 2.05) is 11.3 Å². The zero-order valence-corrected chi connectivity index (χ0v) is 15.8. The van der Waals surface area contributed by atoms with Crippen molar-refractivity contribution in [2.75, 3.05) is 0 Å². The van der Waals surface area contributed by atoms with Crippen LogP contribution in [0, 0.1) is 0 Å². The molecule has 7 aromatic rings. The van der Waals surface area contributed by atoms with Crippen LogP contribution in [0.1, 0.15) is 0 Å². The Balaban J connectivity index is 1.80. The number of benzene rings is 5. The highest BCUT2D eigenvalue weighted by Gasteiger charge is 2.15. The maximum absolute atomic E-state index is 3.60. The normalized spacial score (nSPS) is 12.3. The van der Waals surface area contributed by atoms with Crippen LogP contribution in [0.5, 0.6) is 0 Å². The van der Waals surface area contributed by atoms with Crippen molar-refractivity contribution in [2.45, 2.75) is 0 Å². The van der Waals surface area contributed by atoms with E-state index in [1.54, 1.807) is 0 Å². The van der Waals surface area contributed by atoms with Crippen LogP contribution in [0.2, 0.25) is 0 Å². The highest BCUT2D eigenvalue weighted by molar-refractivity contribution is 7.27. The van der Waals surface area contributed by atoms with Gasteiger partial charge in [-0.2, -0.15) is 0 Å². The fourth-order valence-corrected chi connectivity index (χ4v) is 6.03. The van der Waals surface area contributed by atoms with Gasteiger partial charge in [-0.25, -0.2) is 0 Å². The van der Waals surface area contributed by atoms with Crippen molar-refractivity contribution in [1.29, 1.82) is 0 Å². The molecule has 0 bridgehead atoms. The standard InChI is InChI=1S/C26H15NS/c1-3-10-18-15(7-1)16-8-2-4-11-19(16)26-25(18)21-13-20-17-9-5-6-12-22(17)27-23(20)14-24(21)28-26/h1-14,27H. The summed E-state index contributed by atoms with van der Waals surface area (Å²) in [5.74, 6) is 0. The van der Waals surface area contributed by atoms with E-state index in [2.05, 4.69) is 89.9 Å². The Labute approximate surface area is 164 Å². The molecule has 0 saturated heterocycles. The van der Waals surface area contributed by atoms with E-state index in [0.717, 1.165) is 0 Å². The minimum Gasteiger partial charge on any atom is -0.354 e. The first kappa shape index (κ1) is 14.7. The zero-order valence-electron chi connectivity index (χ0n) is 15.0. The number of thiophene rings is 1. The summed E-state index contributed by atoms with van der Waals surface area (Å²) in [6.07, 6.45) is 0. The summed E-state index contributed by atoms with van der Waals surface area (Å²) in [4.78, 5) is 3.60. The topological polar surface area (TPSA) is 15.8 Å². The second-order valence-electron chi connectivity index (χ2n) is 7.46. The fraction of sp³-hybridized carbons (Fsp3) is 0. The molecule has 1 N–H and O–H groups in total. The number of aromatic nitrogens is 1. The Bertz CT molecular complexity index is 1720. The SMILES string of the molecule is c1ccc2c(c1)[nH]c1cc3sc4c5ccccc5c5ccccc5c4c3cc12. The van der Waals surface area contributed by atoms with Crippen LogP contribution in [0.15, 0.2) is 84.9 Å². The lowest BCUT2D eigenvalue weighted by Crippen LogP contribution is -1.79. The molecular weight excluding hydrogens is 358 g/mol. The van der Waals surface area contributed by atoms with Crippen LogP contribution < -0.4 is 0 Å². The van der Waals surface area contributed by atoms with Gasteiger partial charge in [0.05, 0.1) is 0 Å². The van der Waals surface area contributed by atoms with Gasteiger partial charge < -0.3 is 4.98 Å². The van der Waals surface area contributed by atoms with Crippen LogP contribution in [-0.4, -0.2) is 4.98 Å². The molecule has 28 heavy (non-hydrogen) atoms. The molecule has 2 heteroatoms. The van der Waals surface area contributed by atoms with Gasteiger partial charge in [-0.3, -0.25) is 0 Å². The lowest BCUT2D eigenvalue weighted by molar-refractivity contribution is 1.56. The molecule has 1 nitrogen and oxygen atoms in total. The first-order valence-electron chi connectivity index (χ1n) is 9.54. The molecule has 0 spiro atoms. The average molecular weight is 373 g/mol. The molecule has 130 valence electrons. The Morgan fingerprint density at radius 3 is 1.96 bits per heavy atom. The monoisotopic (exact) mass is 373 g/mol. The van der Waals surface area contributed by atoms with Crippen molar-refractivity contribution in [3.63, 3.8) is 0 Å². The maximum atomic E-state index is 3.60. The number of rotatable bonds is 0. The van der Waals surface area contributed by atoms with Crippen LogP contribution >= 0.6 is 11.3 Å². The van der Waals surface area contributed by atoms with Gasteiger partial charge >= 0.3 is 0 Å². The number of hydrogen-bond acceptors (Lipinski definition) is 1. The van der Waals surface area contributed by atoms with E-state index >= 15 is 0 Å². The van der Waals surface area contributed by atoms with Crippen molar-refractivity contribution in [1.82, 2.24) is 4.98 Å². The minimum absolute atomic E-state index is 1.20. The summed E-state index contributed by atoms with van der Waals surface area (Å²) < 4.78 is 2.73. The first-order chi connectivity index (χ1) is 13.9. The molecule has 0 atom stereocenters. The third-order valence-electron chi connectivity index (χ3n) is 5.97. The third-order valence-corrected chi connectivity index (χ3v) is 7.16. The van der Waals surface area contributed by atoms with Crippen LogP contribution in [-0.2, 0) is 0 Å². The molecule has 7 rings (SSSR count). The molecule has 2 heterocycles. The van der Waals surface area contributed by atoms with Gasteiger partial charge in [-0.1, -0.05) is 66.7 Å².